The Morgan fingerprint density at radius 1 is 0.737 bits per heavy atom. The number of aliphatic hydroxyl groups excluding tert-OH is 1. The highest BCUT2D eigenvalue weighted by atomic mass is 16.5. The molecule has 3 rings (SSSR count). The molecular weight excluding hydrogens is 488 g/mol. The smallest absolute Gasteiger partial charge is 0.251 e. The molecule has 12 heteroatoms. The molecule has 38 heavy (non-hydrogen) atoms. The molecule has 0 aliphatic rings. The van der Waals surface area contributed by atoms with Gasteiger partial charge in [0.05, 0.1) is 33.0 Å². The highest BCUT2D eigenvalue weighted by molar-refractivity contribution is 5.94. The Labute approximate surface area is 222 Å². The minimum atomic E-state index is -0.168. The van der Waals surface area contributed by atoms with Gasteiger partial charge in [-0.15, -0.1) is 0 Å². The maximum atomic E-state index is 12.4. The first kappa shape index (κ1) is 28.7. The lowest BCUT2D eigenvalue weighted by Gasteiger charge is -2.11. The Hall–Kier alpha value is -3.84. The minimum Gasteiger partial charge on any atom is -0.395 e. The molecule has 1 aromatic heterocycles. The van der Waals surface area contributed by atoms with Crippen molar-refractivity contribution in [3.8, 4) is 0 Å². The number of aromatic nitrogens is 3. The fourth-order valence-electron chi connectivity index (χ4n) is 3.26. The van der Waals surface area contributed by atoms with Gasteiger partial charge in [-0.25, -0.2) is 0 Å². The van der Waals surface area contributed by atoms with Crippen molar-refractivity contribution in [1.29, 1.82) is 0 Å². The van der Waals surface area contributed by atoms with Crippen molar-refractivity contribution >= 4 is 23.8 Å². The summed E-state index contributed by atoms with van der Waals surface area (Å²) in [5.41, 5.74) is 7.95. The summed E-state index contributed by atoms with van der Waals surface area (Å²) < 4.78 is 10.6. The molecule has 2 aromatic carbocycles. The third-order valence-electron chi connectivity index (χ3n) is 5.16. The number of benzene rings is 2. The summed E-state index contributed by atoms with van der Waals surface area (Å²) >= 11 is 0. The molecule has 1 amide bonds. The van der Waals surface area contributed by atoms with E-state index >= 15 is 0 Å². The van der Waals surface area contributed by atoms with Crippen LogP contribution in [-0.2, 0) is 22.6 Å². The molecule has 0 aliphatic carbocycles. The largest absolute Gasteiger partial charge is 0.395 e. The number of carbonyl (C=O) groups excluding carboxylic acids is 1. The normalized spacial score (nSPS) is 10.7. The third kappa shape index (κ3) is 10.6. The van der Waals surface area contributed by atoms with E-state index in [4.69, 9.17) is 20.3 Å². The number of nitrogens with two attached hydrogens (primary N) is 1. The first-order chi connectivity index (χ1) is 18.7. The molecule has 0 fully saturated rings. The SMILES string of the molecule is NCCOCCOCCNC(=O)c1ccc(CNc2nc(NCCO)nc(NCc3ccccc3)n2)cc1. The van der Waals surface area contributed by atoms with Crippen LogP contribution in [0, 0.1) is 0 Å². The zero-order valence-corrected chi connectivity index (χ0v) is 21.4. The number of carbonyl (C=O) groups is 1. The summed E-state index contributed by atoms with van der Waals surface area (Å²) in [5, 5.41) is 21.3. The molecule has 0 unspecified atom stereocenters. The number of anilines is 3. The van der Waals surface area contributed by atoms with Crippen LogP contribution in [0.25, 0.3) is 0 Å². The Balaban J connectivity index is 1.48. The maximum Gasteiger partial charge on any atom is 0.251 e. The van der Waals surface area contributed by atoms with E-state index in [0.717, 1.165) is 11.1 Å². The summed E-state index contributed by atoms with van der Waals surface area (Å²) in [6, 6.07) is 17.2. The molecule has 0 radical (unpaired) electrons. The molecule has 204 valence electrons. The van der Waals surface area contributed by atoms with Gasteiger partial charge < -0.3 is 41.6 Å². The van der Waals surface area contributed by atoms with Crippen LogP contribution in [0.1, 0.15) is 21.5 Å². The van der Waals surface area contributed by atoms with E-state index in [-0.39, 0.29) is 12.5 Å². The number of amides is 1. The van der Waals surface area contributed by atoms with E-state index in [9.17, 15) is 4.79 Å². The summed E-state index contributed by atoms with van der Waals surface area (Å²) in [4.78, 5) is 25.5. The Morgan fingerprint density at radius 3 is 1.92 bits per heavy atom. The summed E-state index contributed by atoms with van der Waals surface area (Å²) in [5.74, 6) is 0.974. The van der Waals surface area contributed by atoms with Crippen LogP contribution in [-0.4, -0.2) is 78.6 Å². The second-order valence-electron chi connectivity index (χ2n) is 8.12. The van der Waals surface area contributed by atoms with E-state index in [0.29, 0.717) is 82.6 Å². The minimum absolute atomic E-state index is 0.0433. The Bertz CT molecular complexity index is 1090. The van der Waals surface area contributed by atoms with Crippen LogP contribution in [0.4, 0.5) is 17.8 Å². The molecule has 3 aromatic rings. The van der Waals surface area contributed by atoms with Crippen LogP contribution >= 0.6 is 0 Å². The van der Waals surface area contributed by atoms with E-state index in [2.05, 4.69) is 36.2 Å². The van der Waals surface area contributed by atoms with Crippen molar-refractivity contribution in [3.05, 3.63) is 71.3 Å². The van der Waals surface area contributed by atoms with Gasteiger partial charge in [-0.1, -0.05) is 42.5 Å². The second-order valence-corrected chi connectivity index (χ2v) is 8.12. The first-order valence-corrected chi connectivity index (χ1v) is 12.5. The molecule has 0 aliphatic heterocycles. The number of aliphatic hydroxyl groups is 1. The van der Waals surface area contributed by atoms with Crippen LogP contribution in [0.15, 0.2) is 54.6 Å². The van der Waals surface area contributed by atoms with Gasteiger partial charge in [-0.05, 0) is 23.3 Å². The van der Waals surface area contributed by atoms with Gasteiger partial charge >= 0.3 is 0 Å². The second kappa shape index (κ2) is 16.8. The fourth-order valence-corrected chi connectivity index (χ4v) is 3.26. The number of nitrogens with zero attached hydrogens (tertiary/aromatic N) is 3. The molecule has 7 N–H and O–H groups in total. The number of ether oxygens (including phenoxy) is 2. The van der Waals surface area contributed by atoms with Gasteiger partial charge in [0.15, 0.2) is 0 Å². The first-order valence-electron chi connectivity index (χ1n) is 12.5. The van der Waals surface area contributed by atoms with Crippen molar-refractivity contribution in [1.82, 2.24) is 20.3 Å². The summed E-state index contributed by atoms with van der Waals surface area (Å²) in [6.45, 7) is 4.04. The predicted octanol–water partition coefficient (Wildman–Crippen LogP) is 1.22. The number of hydrogen-bond acceptors (Lipinski definition) is 11. The quantitative estimate of drug-likeness (QED) is 0.132. The molecule has 12 nitrogen and oxygen atoms in total. The summed E-state index contributed by atoms with van der Waals surface area (Å²) in [6.07, 6.45) is 0. The van der Waals surface area contributed by atoms with Crippen molar-refractivity contribution in [2.75, 3.05) is 68.6 Å². The Morgan fingerprint density at radius 2 is 1.32 bits per heavy atom. The van der Waals surface area contributed by atoms with Gasteiger partial charge in [-0.2, -0.15) is 15.0 Å². The van der Waals surface area contributed by atoms with Gasteiger partial charge in [0.2, 0.25) is 17.8 Å². The van der Waals surface area contributed by atoms with Crippen molar-refractivity contribution in [2.45, 2.75) is 13.1 Å². The van der Waals surface area contributed by atoms with Crippen LogP contribution < -0.4 is 27.0 Å². The van der Waals surface area contributed by atoms with E-state index in [1.807, 2.05) is 42.5 Å². The number of rotatable bonds is 18. The topological polar surface area (TPSA) is 169 Å². The van der Waals surface area contributed by atoms with E-state index in [1.165, 1.54) is 0 Å². The van der Waals surface area contributed by atoms with Gasteiger partial charge in [0, 0.05) is 38.3 Å². The molecule has 0 atom stereocenters. The van der Waals surface area contributed by atoms with Crippen molar-refractivity contribution < 1.29 is 19.4 Å². The van der Waals surface area contributed by atoms with Crippen molar-refractivity contribution in [3.63, 3.8) is 0 Å². The number of nitrogens with one attached hydrogen (secondary N) is 4. The molecule has 0 saturated carbocycles. The lowest BCUT2D eigenvalue weighted by atomic mass is 10.1. The van der Waals surface area contributed by atoms with E-state index < -0.39 is 0 Å². The zero-order valence-electron chi connectivity index (χ0n) is 21.4. The molecule has 0 saturated heterocycles. The van der Waals surface area contributed by atoms with Crippen molar-refractivity contribution in [2.24, 2.45) is 5.73 Å². The zero-order chi connectivity index (χ0) is 26.8. The van der Waals surface area contributed by atoms with Crippen LogP contribution in [0.3, 0.4) is 0 Å². The third-order valence-corrected chi connectivity index (χ3v) is 5.16. The lowest BCUT2D eigenvalue weighted by molar-refractivity contribution is 0.0511. The standard InChI is InChI=1S/C26H36N8O4/c27-10-14-37-16-17-38-15-12-28-23(36)22-8-6-21(7-9-22)19-31-26-33-24(29-11-13-35)32-25(34-26)30-18-20-4-2-1-3-5-20/h1-9,35H,10-19,27H2,(H,28,36)(H3,29,30,31,32,33,34). The van der Waals surface area contributed by atoms with Crippen LogP contribution in [0.2, 0.25) is 0 Å². The van der Waals surface area contributed by atoms with E-state index in [1.54, 1.807) is 12.1 Å². The average Bonchev–Trinajstić information content (AvgIpc) is 2.96. The lowest BCUT2D eigenvalue weighted by Crippen LogP contribution is -2.27. The van der Waals surface area contributed by atoms with Gasteiger partial charge in [0.1, 0.15) is 0 Å². The molecule has 0 bridgehead atoms. The summed E-state index contributed by atoms with van der Waals surface area (Å²) in [7, 11) is 0. The highest BCUT2D eigenvalue weighted by Crippen LogP contribution is 2.13. The monoisotopic (exact) mass is 524 g/mol. The van der Waals surface area contributed by atoms with Gasteiger partial charge in [-0.3, -0.25) is 4.79 Å². The predicted molar refractivity (Wildman–Crippen MR) is 146 cm³/mol. The Kier molecular flexibility index (Phi) is 12.7. The number of hydrogen-bond donors (Lipinski definition) is 6. The van der Waals surface area contributed by atoms with Gasteiger partial charge in [0.25, 0.3) is 5.91 Å². The molecule has 0 spiro atoms. The van der Waals surface area contributed by atoms with Crippen LogP contribution in [0.5, 0.6) is 0 Å². The maximum absolute atomic E-state index is 12.4. The molecule has 1 heterocycles. The average molecular weight is 525 g/mol. The fraction of sp³-hybridized carbons (Fsp3) is 0.385. The molecular formula is C26H36N8O4. The highest BCUT2D eigenvalue weighted by Gasteiger charge is 2.08.